The average Bonchev–Trinajstić information content (AvgIpc) is 2.99. The lowest BCUT2D eigenvalue weighted by Crippen LogP contribution is -2.29. The molecular formula is C23H28N4O5. The Labute approximate surface area is 184 Å². The molecule has 0 bridgehead atoms. The summed E-state index contributed by atoms with van der Waals surface area (Å²) in [6.07, 6.45) is 3.22. The maximum atomic E-state index is 12.5. The van der Waals surface area contributed by atoms with Gasteiger partial charge in [0.05, 0.1) is 23.5 Å². The predicted octanol–water partition coefficient (Wildman–Crippen LogP) is 1.53. The second-order valence-corrected chi connectivity index (χ2v) is 8.50. The van der Waals surface area contributed by atoms with Crippen LogP contribution in [-0.2, 0) is 25.4 Å². The number of aromatic nitrogens is 2. The first-order valence-electron chi connectivity index (χ1n) is 10.8. The van der Waals surface area contributed by atoms with E-state index < -0.39 is 23.0 Å². The van der Waals surface area contributed by atoms with Crippen molar-refractivity contribution in [2.45, 2.75) is 38.1 Å². The first-order chi connectivity index (χ1) is 15.3. The molecule has 1 atom stereocenters. The fourth-order valence-corrected chi connectivity index (χ4v) is 4.51. The molecule has 32 heavy (non-hydrogen) atoms. The Hall–Kier alpha value is -3.33. The Bertz CT molecular complexity index is 1280. The Kier molecular flexibility index (Phi) is 5.92. The van der Waals surface area contributed by atoms with E-state index >= 15 is 0 Å². The molecule has 1 aromatic carbocycles. The number of nitrogens with two attached hydrogens (primary N) is 1. The number of likely N-dealkylation sites (tertiary alicyclic amines) is 1. The lowest BCUT2D eigenvalue weighted by atomic mass is 9.91. The Morgan fingerprint density at radius 2 is 1.78 bits per heavy atom. The van der Waals surface area contributed by atoms with E-state index in [9.17, 15) is 19.5 Å². The van der Waals surface area contributed by atoms with Gasteiger partial charge >= 0.3 is 5.69 Å². The number of nitrogens with zero attached hydrogens (tertiary/aromatic N) is 3. The topological polar surface area (TPSA) is 124 Å². The number of piperidine rings is 1. The molecule has 2 aromatic heterocycles. The standard InChI is InChI=1S/C23H28N4O5/c1-25-17-7-6-14(10-18(17)26(2)23(25)31)16(12-20(24)29)22-21(30)19(28)11-15(32-22)13-27-8-4-3-5-9-27/h6-7,10-11,16,30H,3-5,8-9,12-13H2,1-2H3,(H2,24,29)/t16-/m1/s1. The van der Waals surface area contributed by atoms with Crippen LogP contribution in [0.4, 0.5) is 0 Å². The van der Waals surface area contributed by atoms with E-state index in [2.05, 4.69) is 4.90 Å². The Balaban J connectivity index is 1.80. The highest BCUT2D eigenvalue weighted by Crippen LogP contribution is 2.34. The summed E-state index contributed by atoms with van der Waals surface area (Å²) >= 11 is 0. The number of amides is 1. The molecule has 9 nitrogen and oxygen atoms in total. The van der Waals surface area contributed by atoms with Crippen LogP contribution in [0.5, 0.6) is 5.75 Å². The molecule has 3 heterocycles. The smallest absolute Gasteiger partial charge is 0.328 e. The van der Waals surface area contributed by atoms with E-state index in [-0.39, 0.29) is 17.9 Å². The van der Waals surface area contributed by atoms with Crippen LogP contribution in [0.2, 0.25) is 0 Å². The summed E-state index contributed by atoms with van der Waals surface area (Å²) in [6.45, 7) is 2.30. The van der Waals surface area contributed by atoms with Crippen molar-refractivity contribution in [1.82, 2.24) is 14.0 Å². The number of carbonyl (C=O) groups is 1. The van der Waals surface area contributed by atoms with E-state index in [0.29, 0.717) is 23.4 Å². The van der Waals surface area contributed by atoms with Crippen molar-refractivity contribution >= 4 is 16.9 Å². The van der Waals surface area contributed by atoms with Gasteiger partial charge in [-0.1, -0.05) is 12.5 Å². The molecule has 4 rings (SSSR count). The predicted molar refractivity (Wildman–Crippen MR) is 120 cm³/mol. The molecule has 3 aromatic rings. The summed E-state index contributed by atoms with van der Waals surface area (Å²) in [5.41, 5.74) is 6.78. The van der Waals surface area contributed by atoms with Crippen LogP contribution >= 0.6 is 0 Å². The molecule has 170 valence electrons. The molecule has 0 aliphatic carbocycles. The zero-order chi connectivity index (χ0) is 23.0. The molecule has 1 fully saturated rings. The maximum Gasteiger partial charge on any atom is 0.328 e. The number of primary amides is 1. The number of aryl methyl sites for hydroxylation is 2. The Morgan fingerprint density at radius 3 is 2.47 bits per heavy atom. The maximum absolute atomic E-state index is 12.5. The molecule has 1 aliphatic heterocycles. The third-order valence-electron chi connectivity index (χ3n) is 6.25. The van der Waals surface area contributed by atoms with Crippen molar-refractivity contribution in [3.8, 4) is 5.75 Å². The molecule has 3 N–H and O–H groups in total. The van der Waals surface area contributed by atoms with Crippen molar-refractivity contribution in [3.05, 3.63) is 62.1 Å². The van der Waals surface area contributed by atoms with Gasteiger partial charge in [-0.2, -0.15) is 0 Å². The van der Waals surface area contributed by atoms with Gasteiger partial charge in [-0.05, 0) is 43.6 Å². The number of hydrogen-bond donors (Lipinski definition) is 2. The largest absolute Gasteiger partial charge is 0.502 e. The number of imidazole rings is 1. The van der Waals surface area contributed by atoms with Crippen molar-refractivity contribution in [3.63, 3.8) is 0 Å². The number of rotatable bonds is 6. The summed E-state index contributed by atoms with van der Waals surface area (Å²) in [5.74, 6) is -1.43. The van der Waals surface area contributed by atoms with Gasteiger partial charge < -0.3 is 15.3 Å². The minimum atomic E-state index is -0.763. The molecule has 0 radical (unpaired) electrons. The second kappa shape index (κ2) is 8.66. The van der Waals surface area contributed by atoms with Gasteiger partial charge in [0.25, 0.3) is 0 Å². The van der Waals surface area contributed by atoms with Crippen LogP contribution in [0.15, 0.2) is 38.3 Å². The zero-order valence-electron chi connectivity index (χ0n) is 18.3. The van der Waals surface area contributed by atoms with E-state index in [1.807, 2.05) is 0 Å². The van der Waals surface area contributed by atoms with Gasteiger partial charge in [0, 0.05) is 26.6 Å². The van der Waals surface area contributed by atoms with Crippen molar-refractivity contribution in [2.75, 3.05) is 13.1 Å². The molecule has 9 heteroatoms. The van der Waals surface area contributed by atoms with Gasteiger partial charge in [0.2, 0.25) is 17.1 Å². The number of carbonyl (C=O) groups excluding carboxylic acids is 1. The molecule has 1 aliphatic rings. The van der Waals surface area contributed by atoms with E-state index in [0.717, 1.165) is 31.4 Å². The van der Waals surface area contributed by atoms with Gasteiger partial charge in [0.1, 0.15) is 5.76 Å². The lowest BCUT2D eigenvalue weighted by Gasteiger charge is -2.26. The summed E-state index contributed by atoms with van der Waals surface area (Å²) in [4.78, 5) is 38.9. The normalized spacial score (nSPS) is 15.8. The fourth-order valence-electron chi connectivity index (χ4n) is 4.51. The molecule has 1 amide bonds. The van der Waals surface area contributed by atoms with E-state index in [4.69, 9.17) is 10.2 Å². The fraction of sp³-hybridized carbons (Fsp3) is 0.435. The van der Waals surface area contributed by atoms with Crippen LogP contribution < -0.4 is 16.9 Å². The van der Waals surface area contributed by atoms with Gasteiger partial charge in [0.15, 0.2) is 5.76 Å². The van der Waals surface area contributed by atoms with Crippen LogP contribution in [0, 0.1) is 0 Å². The quantitative estimate of drug-likeness (QED) is 0.599. The van der Waals surface area contributed by atoms with E-state index in [1.165, 1.54) is 21.6 Å². The van der Waals surface area contributed by atoms with Gasteiger partial charge in [-0.25, -0.2) is 4.79 Å². The first-order valence-corrected chi connectivity index (χ1v) is 10.8. The van der Waals surface area contributed by atoms with Crippen LogP contribution in [0.3, 0.4) is 0 Å². The summed E-state index contributed by atoms with van der Waals surface area (Å²) in [5, 5.41) is 10.6. The van der Waals surface area contributed by atoms with Crippen molar-refractivity contribution in [1.29, 1.82) is 0 Å². The molecule has 0 unspecified atom stereocenters. The van der Waals surface area contributed by atoms with E-state index in [1.54, 1.807) is 32.3 Å². The molecule has 0 spiro atoms. The van der Waals surface area contributed by atoms with Crippen LogP contribution in [0.1, 0.15) is 48.7 Å². The SMILES string of the molecule is Cn1c(=O)n(C)c2cc([C@@H](CC(N)=O)c3oc(CN4CCCCC4)cc(=O)c3O)ccc21. The molecular weight excluding hydrogens is 412 g/mol. The zero-order valence-corrected chi connectivity index (χ0v) is 18.3. The minimum Gasteiger partial charge on any atom is -0.502 e. The third-order valence-corrected chi connectivity index (χ3v) is 6.25. The second-order valence-electron chi connectivity index (χ2n) is 8.50. The summed E-state index contributed by atoms with van der Waals surface area (Å²) < 4.78 is 9.04. The van der Waals surface area contributed by atoms with Crippen LogP contribution in [-0.4, -0.2) is 38.1 Å². The third kappa shape index (κ3) is 4.08. The monoisotopic (exact) mass is 440 g/mol. The van der Waals surface area contributed by atoms with Crippen molar-refractivity contribution < 1.29 is 14.3 Å². The minimum absolute atomic E-state index is 0.0172. The highest BCUT2D eigenvalue weighted by atomic mass is 16.4. The van der Waals surface area contributed by atoms with Crippen molar-refractivity contribution in [2.24, 2.45) is 19.8 Å². The number of hydrogen-bond acceptors (Lipinski definition) is 6. The highest BCUT2D eigenvalue weighted by molar-refractivity contribution is 5.79. The summed E-state index contributed by atoms with van der Waals surface area (Å²) in [7, 11) is 3.34. The number of fused-ring (bicyclic) bond motifs is 1. The Morgan fingerprint density at radius 1 is 1.09 bits per heavy atom. The average molecular weight is 441 g/mol. The number of benzene rings is 1. The van der Waals surface area contributed by atoms with Crippen LogP contribution in [0.25, 0.3) is 11.0 Å². The number of aromatic hydroxyl groups is 1. The lowest BCUT2D eigenvalue weighted by molar-refractivity contribution is -0.118. The summed E-state index contributed by atoms with van der Waals surface area (Å²) in [6, 6.07) is 6.60. The van der Waals surface area contributed by atoms with Gasteiger partial charge in [-0.15, -0.1) is 0 Å². The molecule has 1 saturated heterocycles. The van der Waals surface area contributed by atoms with Gasteiger partial charge in [-0.3, -0.25) is 23.6 Å². The highest BCUT2D eigenvalue weighted by Gasteiger charge is 2.27. The first kappa shape index (κ1) is 21.9. The molecule has 0 saturated carbocycles.